The first-order chi connectivity index (χ1) is 17.5. The molecule has 0 radical (unpaired) electrons. The molecule has 3 aromatic rings. The van der Waals surface area contributed by atoms with E-state index in [9.17, 15) is 9.59 Å². The van der Waals surface area contributed by atoms with Crippen molar-refractivity contribution in [2.75, 3.05) is 5.32 Å². The molecule has 2 heterocycles. The molecule has 1 aliphatic heterocycles. The smallest absolute Gasteiger partial charge is 0.230 e. The molecule has 0 fully saturated rings. The minimum atomic E-state index is -0.145. The highest BCUT2D eigenvalue weighted by Gasteiger charge is 2.12. The number of rotatable bonds is 11. The summed E-state index contributed by atoms with van der Waals surface area (Å²) in [7, 11) is 0. The van der Waals surface area contributed by atoms with Crippen LogP contribution in [0.4, 0.5) is 5.13 Å². The number of hydrogen-bond donors (Lipinski definition) is 4. The Kier molecular flexibility index (Phi) is 9.07. The van der Waals surface area contributed by atoms with Gasteiger partial charge in [-0.2, -0.15) is 0 Å². The number of nitrogens with zero attached hydrogens (tertiary/aromatic N) is 2. The number of carbonyl (C=O) groups is 2. The normalized spacial score (nSPS) is 12.6. The van der Waals surface area contributed by atoms with Crippen LogP contribution < -0.4 is 21.5 Å². The third kappa shape index (κ3) is 7.93. The van der Waals surface area contributed by atoms with Crippen molar-refractivity contribution in [2.45, 2.75) is 38.5 Å². The maximum Gasteiger partial charge on any atom is 0.230 e. The number of allylic oxidation sites excluding steroid dienone is 3. The van der Waals surface area contributed by atoms with Gasteiger partial charge in [0, 0.05) is 17.1 Å². The zero-order valence-electron chi connectivity index (χ0n) is 19.6. The van der Waals surface area contributed by atoms with Crippen LogP contribution in [0.25, 0.3) is 0 Å². The molecule has 0 saturated heterocycles. The Labute approximate surface area is 218 Å². The van der Waals surface area contributed by atoms with Gasteiger partial charge >= 0.3 is 0 Å². The Balaban J connectivity index is 1.14. The molecule has 2 aromatic carbocycles. The fraction of sp³-hybridized carbons (Fsp3) is 0.231. The summed E-state index contributed by atoms with van der Waals surface area (Å²) in [6.45, 7) is 0. The van der Waals surface area contributed by atoms with E-state index in [0.29, 0.717) is 22.4 Å². The van der Waals surface area contributed by atoms with Crippen LogP contribution in [0.5, 0.6) is 0 Å². The van der Waals surface area contributed by atoms with Crippen molar-refractivity contribution < 1.29 is 9.59 Å². The van der Waals surface area contributed by atoms with Crippen molar-refractivity contribution in [3.8, 4) is 0 Å². The predicted octanol–water partition coefficient (Wildman–Crippen LogP) is 4.28. The van der Waals surface area contributed by atoms with Crippen LogP contribution in [0.2, 0.25) is 5.02 Å². The fourth-order valence-corrected chi connectivity index (χ4v) is 4.58. The van der Waals surface area contributed by atoms with Crippen molar-refractivity contribution in [3.63, 3.8) is 0 Å². The van der Waals surface area contributed by atoms with Crippen molar-refractivity contribution in [3.05, 3.63) is 99.4 Å². The van der Waals surface area contributed by atoms with Crippen LogP contribution in [-0.4, -0.2) is 22.0 Å². The second kappa shape index (κ2) is 12.9. The van der Waals surface area contributed by atoms with Crippen LogP contribution in [-0.2, 0) is 28.9 Å². The minimum Gasteiger partial charge on any atom is -0.311 e. The standard InChI is InChI=1S/C26H27ClN6O2S/c27-21-12-6-4-10-19(21)17-24(35)28-22-15-14-20(30-31-22)11-5-7-13-25-32-33-26(36-25)29-23(34)16-18-8-2-1-3-9-18/h1-4,6,8-10,12,14-15,30-31H,5,7,11,13,16-17H2,(H,28,35)(H,29,33,34). The first kappa shape index (κ1) is 25.4. The second-order valence-electron chi connectivity index (χ2n) is 8.26. The topological polar surface area (TPSA) is 108 Å². The van der Waals surface area contributed by atoms with E-state index in [0.717, 1.165) is 47.5 Å². The summed E-state index contributed by atoms with van der Waals surface area (Å²) >= 11 is 7.53. The van der Waals surface area contributed by atoms with Gasteiger partial charge in [-0.25, -0.2) is 0 Å². The molecule has 0 atom stereocenters. The van der Waals surface area contributed by atoms with E-state index in [1.54, 1.807) is 6.07 Å². The van der Waals surface area contributed by atoms with Gasteiger partial charge in [-0.3, -0.25) is 15.0 Å². The zero-order chi connectivity index (χ0) is 25.2. The van der Waals surface area contributed by atoms with Crippen LogP contribution in [0, 0.1) is 0 Å². The number of halogens is 1. The zero-order valence-corrected chi connectivity index (χ0v) is 21.2. The molecule has 8 nitrogen and oxygen atoms in total. The summed E-state index contributed by atoms with van der Waals surface area (Å²) in [5.74, 6) is 0.346. The van der Waals surface area contributed by atoms with Gasteiger partial charge in [0.25, 0.3) is 0 Å². The SMILES string of the molecule is O=C(Cc1ccccc1Cl)NC1=CC=C(CCCCc2nnc(NC(=O)Cc3ccccc3)s2)NN1. The molecule has 0 saturated carbocycles. The lowest BCUT2D eigenvalue weighted by molar-refractivity contribution is -0.120. The first-order valence-corrected chi connectivity index (χ1v) is 12.9. The number of hydrogen-bond acceptors (Lipinski definition) is 7. The van der Waals surface area contributed by atoms with Crippen molar-refractivity contribution in [2.24, 2.45) is 0 Å². The number of hydrazine groups is 1. The molecule has 0 unspecified atom stereocenters. The Hall–Kier alpha value is -3.69. The molecule has 4 rings (SSSR count). The maximum absolute atomic E-state index is 12.3. The van der Waals surface area contributed by atoms with Gasteiger partial charge in [-0.1, -0.05) is 71.5 Å². The van der Waals surface area contributed by atoms with E-state index in [2.05, 4.69) is 31.7 Å². The summed E-state index contributed by atoms with van der Waals surface area (Å²) < 4.78 is 0. The Morgan fingerprint density at radius 3 is 2.36 bits per heavy atom. The largest absolute Gasteiger partial charge is 0.311 e. The van der Waals surface area contributed by atoms with Gasteiger partial charge in [0.05, 0.1) is 12.8 Å². The average molecular weight is 523 g/mol. The van der Waals surface area contributed by atoms with E-state index in [-0.39, 0.29) is 18.2 Å². The molecule has 10 heteroatoms. The molecule has 2 amide bonds. The van der Waals surface area contributed by atoms with Crippen molar-refractivity contribution >= 4 is 39.9 Å². The van der Waals surface area contributed by atoms with E-state index >= 15 is 0 Å². The molecule has 0 spiro atoms. The lowest BCUT2D eigenvalue weighted by Crippen LogP contribution is -2.41. The third-order valence-electron chi connectivity index (χ3n) is 5.40. The predicted molar refractivity (Wildman–Crippen MR) is 142 cm³/mol. The second-order valence-corrected chi connectivity index (χ2v) is 9.73. The van der Waals surface area contributed by atoms with Crippen molar-refractivity contribution in [1.82, 2.24) is 26.4 Å². The highest BCUT2D eigenvalue weighted by molar-refractivity contribution is 7.15. The van der Waals surface area contributed by atoms with Gasteiger partial charge in [-0.05, 0) is 48.6 Å². The van der Waals surface area contributed by atoms with Gasteiger partial charge in [0.1, 0.15) is 10.8 Å². The van der Waals surface area contributed by atoms with Crippen LogP contribution in [0.1, 0.15) is 35.4 Å². The minimum absolute atomic E-state index is 0.0980. The van der Waals surface area contributed by atoms with Gasteiger partial charge in [0.15, 0.2) is 0 Å². The molecular weight excluding hydrogens is 496 g/mol. The molecule has 36 heavy (non-hydrogen) atoms. The Morgan fingerprint density at radius 1 is 0.833 bits per heavy atom. The molecule has 0 bridgehead atoms. The number of carbonyl (C=O) groups excluding carboxylic acids is 2. The van der Waals surface area contributed by atoms with E-state index in [4.69, 9.17) is 11.6 Å². The van der Waals surface area contributed by atoms with Crippen LogP contribution in [0.3, 0.4) is 0 Å². The average Bonchev–Trinajstić information content (AvgIpc) is 3.31. The number of aryl methyl sites for hydroxylation is 1. The third-order valence-corrected chi connectivity index (χ3v) is 6.67. The quantitative estimate of drug-likeness (QED) is 0.280. The number of nitrogens with one attached hydrogen (secondary N) is 4. The molecule has 1 aliphatic rings. The number of benzene rings is 2. The highest BCUT2D eigenvalue weighted by Crippen LogP contribution is 2.19. The van der Waals surface area contributed by atoms with Crippen molar-refractivity contribution in [1.29, 1.82) is 0 Å². The molecule has 186 valence electrons. The van der Waals surface area contributed by atoms with Gasteiger partial charge in [0.2, 0.25) is 16.9 Å². The summed E-state index contributed by atoms with van der Waals surface area (Å²) in [6.07, 6.45) is 7.86. The summed E-state index contributed by atoms with van der Waals surface area (Å²) in [5.41, 5.74) is 8.92. The lowest BCUT2D eigenvalue weighted by atomic mass is 10.1. The maximum atomic E-state index is 12.3. The molecule has 4 N–H and O–H groups in total. The number of anilines is 1. The first-order valence-electron chi connectivity index (χ1n) is 11.7. The van der Waals surface area contributed by atoms with Gasteiger partial charge < -0.3 is 16.1 Å². The number of amides is 2. The molecule has 0 aliphatic carbocycles. The Bertz CT molecular complexity index is 1260. The van der Waals surface area contributed by atoms with Crippen LogP contribution in [0.15, 0.2) is 78.3 Å². The lowest BCUT2D eigenvalue weighted by Gasteiger charge is -2.20. The summed E-state index contributed by atoms with van der Waals surface area (Å²) in [5, 5.41) is 15.9. The molecular formula is C26H27ClN6O2S. The summed E-state index contributed by atoms with van der Waals surface area (Å²) in [6, 6.07) is 16.9. The number of unbranched alkanes of at least 4 members (excludes halogenated alkanes) is 1. The van der Waals surface area contributed by atoms with E-state index in [1.807, 2.05) is 60.7 Å². The van der Waals surface area contributed by atoms with E-state index < -0.39 is 0 Å². The molecule has 1 aromatic heterocycles. The highest BCUT2D eigenvalue weighted by atomic mass is 35.5. The number of aromatic nitrogens is 2. The monoisotopic (exact) mass is 522 g/mol. The van der Waals surface area contributed by atoms with E-state index in [1.165, 1.54) is 11.3 Å². The van der Waals surface area contributed by atoms with Gasteiger partial charge in [-0.15, -0.1) is 10.2 Å². The Morgan fingerprint density at radius 2 is 1.58 bits per heavy atom. The van der Waals surface area contributed by atoms with Crippen LogP contribution >= 0.6 is 22.9 Å². The summed E-state index contributed by atoms with van der Waals surface area (Å²) in [4.78, 5) is 24.5. The fourth-order valence-electron chi connectivity index (χ4n) is 3.58.